The van der Waals surface area contributed by atoms with Gasteiger partial charge in [0.15, 0.2) is 0 Å². The quantitative estimate of drug-likeness (QED) is 0.786. The van der Waals surface area contributed by atoms with Crippen LogP contribution < -0.4 is 9.46 Å². The summed E-state index contributed by atoms with van der Waals surface area (Å²) in [6, 6.07) is 10.1. The highest BCUT2D eigenvalue weighted by Crippen LogP contribution is 2.28. The molecule has 2 aromatic rings. The SMILES string of the molecule is COc1ccc(C(=O)N(C)Cc2ccc(F)cc2)cc1S(=O)(=O)NC1CC1. The number of ether oxygens (including phenoxy) is 1. The lowest BCUT2D eigenvalue weighted by Crippen LogP contribution is -2.28. The maximum Gasteiger partial charge on any atom is 0.253 e. The highest BCUT2D eigenvalue weighted by molar-refractivity contribution is 7.89. The molecule has 144 valence electrons. The van der Waals surface area contributed by atoms with E-state index in [9.17, 15) is 17.6 Å². The third-order valence-electron chi connectivity index (χ3n) is 4.28. The molecule has 2 aromatic carbocycles. The van der Waals surface area contributed by atoms with Crippen molar-refractivity contribution in [1.29, 1.82) is 0 Å². The largest absolute Gasteiger partial charge is 0.495 e. The van der Waals surface area contributed by atoms with Gasteiger partial charge in [0, 0.05) is 25.2 Å². The number of benzene rings is 2. The minimum atomic E-state index is -3.77. The highest BCUT2D eigenvalue weighted by Gasteiger charge is 2.30. The van der Waals surface area contributed by atoms with Gasteiger partial charge in [-0.25, -0.2) is 17.5 Å². The van der Waals surface area contributed by atoms with Crippen molar-refractivity contribution in [2.75, 3.05) is 14.2 Å². The average Bonchev–Trinajstić information content (AvgIpc) is 3.45. The zero-order valence-electron chi connectivity index (χ0n) is 15.1. The van der Waals surface area contributed by atoms with E-state index in [2.05, 4.69) is 4.72 Å². The normalized spacial score (nSPS) is 14.0. The number of halogens is 1. The summed E-state index contributed by atoms with van der Waals surface area (Å²) in [7, 11) is -0.786. The second kappa shape index (κ2) is 7.66. The summed E-state index contributed by atoms with van der Waals surface area (Å²) in [5.41, 5.74) is 1.00. The number of rotatable bonds is 7. The molecule has 0 unspecified atom stereocenters. The predicted molar refractivity (Wildman–Crippen MR) is 98.5 cm³/mol. The minimum Gasteiger partial charge on any atom is -0.495 e. The lowest BCUT2D eigenvalue weighted by Gasteiger charge is -2.18. The first-order chi connectivity index (χ1) is 12.8. The van der Waals surface area contributed by atoms with E-state index < -0.39 is 10.0 Å². The van der Waals surface area contributed by atoms with Crippen molar-refractivity contribution in [3.63, 3.8) is 0 Å². The van der Waals surface area contributed by atoms with Crippen LogP contribution in [0.15, 0.2) is 47.4 Å². The van der Waals surface area contributed by atoms with E-state index >= 15 is 0 Å². The Hall–Kier alpha value is -2.45. The molecule has 8 heteroatoms. The summed E-state index contributed by atoms with van der Waals surface area (Å²) < 4.78 is 45.9. The van der Waals surface area contributed by atoms with Crippen molar-refractivity contribution >= 4 is 15.9 Å². The van der Waals surface area contributed by atoms with Gasteiger partial charge in [-0.1, -0.05) is 12.1 Å². The van der Waals surface area contributed by atoms with E-state index in [4.69, 9.17) is 4.74 Å². The van der Waals surface area contributed by atoms with Crippen molar-refractivity contribution in [3.05, 3.63) is 59.4 Å². The van der Waals surface area contributed by atoms with Crippen LogP contribution in [0.4, 0.5) is 4.39 Å². The van der Waals surface area contributed by atoms with Crippen LogP contribution in [-0.4, -0.2) is 39.4 Å². The third kappa shape index (κ3) is 4.64. The standard InChI is InChI=1S/C19H21FN2O4S/c1-22(12-13-3-6-15(20)7-4-13)19(23)14-5-10-17(26-2)18(11-14)27(24,25)21-16-8-9-16/h3-7,10-11,16,21H,8-9,12H2,1-2H3. The molecule has 0 aliphatic heterocycles. The van der Waals surface area contributed by atoms with E-state index in [1.165, 1.54) is 42.3 Å². The molecular weight excluding hydrogens is 371 g/mol. The molecule has 6 nitrogen and oxygen atoms in total. The average molecular weight is 392 g/mol. The van der Waals surface area contributed by atoms with E-state index in [0.29, 0.717) is 0 Å². The van der Waals surface area contributed by atoms with Crippen LogP contribution in [0, 0.1) is 5.82 Å². The first kappa shape index (κ1) is 19.3. The van der Waals surface area contributed by atoms with Crippen LogP contribution >= 0.6 is 0 Å². The Kier molecular flexibility index (Phi) is 5.48. The van der Waals surface area contributed by atoms with E-state index in [1.807, 2.05) is 0 Å². The molecule has 1 aliphatic rings. The van der Waals surface area contributed by atoms with Gasteiger partial charge in [-0.2, -0.15) is 0 Å². The molecule has 0 heterocycles. The van der Waals surface area contributed by atoms with Crippen molar-refractivity contribution < 1.29 is 22.3 Å². The Balaban J connectivity index is 1.83. The monoisotopic (exact) mass is 392 g/mol. The van der Waals surface area contributed by atoms with Gasteiger partial charge in [-0.15, -0.1) is 0 Å². The van der Waals surface area contributed by atoms with Crippen molar-refractivity contribution in [2.45, 2.75) is 30.3 Å². The van der Waals surface area contributed by atoms with Crippen LogP contribution in [0.25, 0.3) is 0 Å². The number of sulfonamides is 1. The molecule has 1 aliphatic carbocycles. The lowest BCUT2D eigenvalue weighted by molar-refractivity contribution is 0.0785. The Bertz CT molecular complexity index is 941. The Morgan fingerprint density at radius 1 is 1.22 bits per heavy atom. The molecule has 0 radical (unpaired) electrons. The fourth-order valence-corrected chi connectivity index (χ4v) is 4.16. The van der Waals surface area contributed by atoms with Gasteiger partial charge in [0.25, 0.3) is 5.91 Å². The first-order valence-electron chi connectivity index (χ1n) is 8.50. The molecule has 1 N–H and O–H groups in total. The summed E-state index contributed by atoms with van der Waals surface area (Å²) in [5.74, 6) is -0.508. The summed E-state index contributed by atoms with van der Waals surface area (Å²) in [6.45, 7) is 0.271. The number of methoxy groups -OCH3 is 1. The molecular formula is C19H21FN2O4S. The van der Waals surface area contributed by atoms with Crippen LogP contribution in [0.3, 0.4) is 0 Å². The van der Waals surface area contributed by atoms with Gasteiger partial charge in [0.2, 0.25) is 10.0 Å². The Morgan fingerprint density at radius 3 is 2.48 bits per heavy atom. The summed E-state index contributed by atoms with van der Waals surface area (Å²) >= 11 is 0. The Labute approximate surface area is 158 Å². The van der Waals surface area contributed by atoms with Gasteiger partial charge in [-0.3, -0.25) is 4.79 Å². The summed E-state index contributed by atoms with van der Waals surface area (Å²) in [4.78, 5) is 14.1. The summed E-state index contributed by atoms with van der Waals surface area (Å²) in [5, 5.41) is 0. The lowest BCUT2D eigenvalue weighted by atomic mass is 10.1. The topological polar surface area (TPSA) is 75.7 Å². The molecule has 0 bridgehead atoms. The predicted octanol–water partition coefficient (Wildman–Crippen LogP) is 2.55. The molecule has 1 saturated carbocycles. The molecule has 1 fully saturated rings. The maximum absolute atomic E-state index is 13.0. The van der Waals surface area contributed by atoms with Gasteiger partial charge < -0.3 is 9.64 Å². The van der Waals surface area contributed by atoms with Crippen molar-refractivity contribution in [3.8, 4) is 5.75 Å². The number of amides is 1. The van der Waals surface area contributed by atoms with Crippen LogP contribution in [0.5, 0.6) is 5.75 Å². The zero-order valence-corrected chi connectivity index (χ0v) is 15.9. The van der Waals surface area contributed by atoms with Crippen molar-refractivity contribution in [2.24, 2.45) is 0 Å². The molecule has 0 saturated heterocycles. The van der Waals surface area contributed by atoms with Crippen LogP contribution in [0.1, 0.15) is 28.8 Å². The number of carbonyl (C=O) groups excluding carboxylic acids is 1. The first-order valence-corrected chi connectivity index (χ1v) is 9.99. The van der Waals surface area contributed by atoms with Gasteiger partial charge in [-0.05, 0) is 48.7 Å². The zero-order chi connectivity index (χ0) is 19.6. The molecule has 0 spiro atoms. The summed E-state index contributed by atoms with van der Waals surface area (Å²) in [6.07, 6.45) is 1.61. The van der Waals surface area contributed by atoms with E-state index in [0.717, 1.165) is 18.4 Å². The number of hydrogen-bond acceptors (Lipinski definition) is 4. The Morgan fingerprint density at radius 2 is 1.89 bits per heavy atom. The number of carbonyl (C=O) groups is 1. The van der Waals surface area contributed by atoms with Crippen LogP contribution in [0.2, 0.25) is 0 Å². The van der Waals surface area contributed by atoms with Crippen LogP contribution in [-0.2, 0) is 16.6 Å². The molecule has 3 rings (SSSR count). The highest BCUT2D eigenvalue weighted by atomic mass is 32.2. The fraction of sp³-hybridized carbons (Fsp3) is 0.316. The molecule has 27 heavy (non-hydrogen) atoms. The minimum absolute atomic E-state index is 0.0554. The fourth-order valence-electron chi connectivity index (χ4n) is 2.66. The van der Waals surface area contributed by atoms with E-state index in [-0.39, 0.29) is 40.5 Å². The van der Waals surface area contributed by atoms with Gasteiger partial charge in [0.1, 0.15) is 16.5 Å². The van der Waals surface area contributed by atoms with Crippen molar-refractivity contribution in [1.82, 2.24) is 9.62 Å². The number of nitrogens with zero attached hydrogens (tertiary/aromatic N) is 1. The van der Waals surface area contributed by atoms with E-state index in [1.54, 1.807) is 19.2 Å². The number of hydrogen-bond donors (Lipinski definition) is 1. The second-order valence-electron chi connectivity index (χ2n) is 6.55. The maximum atomic E-state index is 13.0. The third-order valence-corrected chi connectivity index (χ3v) is 5.82. The van der Waals surface area contributed by atoms with Gasteiger partial charge in [0.05, 0.1) is 7.11 Å². The van der Waals surface area contributed by atoms with Gasteiger partial charge >= 0.3 is 0 Å². The molecule has 1 amide bonds. The smallest absolute Gasteiger partial charge is 0.253 e. The molecule has 0 aromatic heterocycles. The molecule has 0 atom stereocenters. The second-order valence-corrected chi connectivity index (χ2v) is 8.23. The number of nitrogens with one attached hydrogen (secondary N) is 1.